The molecule has 0 saturated carbocycles. The second-order valence-electron chi connectivity index (χ2n) is 6.59. The van der Waals surface area contributed by atoms with Crippen LogP contribution in [0, 0.1) is 6.92 Å². The molecule has 7 nitrogen and oxygen atoms in total. The maximum atomic E-state index is 13.1. The van der Waals surface area contributed by atoms with Crippen molar-refractivity contribution in [3.8, 4) is 5.75 Å². The summed E-state index contributed by atoms with van der Waals surface area (Å²) in [7, 11) is -3.59. The van der Waals surface area contributed by atoms with Crippen molar-refractivity contribution < 1.29 is 18.3 Å². The number of hydrogen-bond donors (Lipinski definition) is 1. The summed E-state index contributed by atoms with van der Waals surface area (Å²) in [5, 5.41) is 9.59. The van der Waals surface area contributed by atoms with Crippen LogP contribution in [0.25, 0.3) is 0 Å². The van der Waals surface area contributed by atoms with Crippen LogP contribution >= 0.6 is 0 Å². The van der Waals surface area contributed by atoms with Crippen molar-refractivity contribution in [3.05, 3.63) is 47.5 Å². The van der Waals surface area contributed by atoms with Gasteiger partial charge in [0.2, 0.25) is 10.0 Å². The maximum Gasteiger partial charge on any atom is 0.243 e. The number of hydrogen-bond acceptors (Lipinski definition) is 6. The average Bonchev–Trinajstić information content (AvgIpc) is 2.69. The molecule has 0 bridgehead atoms. The molecule has 1 aliphatic heterocycles. The van der Waals surface area contributed by atoms with Gasteiger partial charge in [-0.2, -0.15) is 4.31 Å². The lowest BCUT2D eigenvalue weighted by molar-refractivity contribution is 0.272. The second kappa shape index (κ2) is 8.33. The Morgan fingerprint density at radius 2 is 2.04 bits per heavy atom. The Morgan fingerprint density at radius 1 is 1.30 bits per heavy atom. The zero-order valence-electron chi connectivity index (χ0n) is 15.6. The van der Waals surface area contributed by atoms with E-state index in [2.05, 4.69) is 9.97 Å². The van der Waals surface area contributed by atoms with Gasteiger partial charge in [0.05, 0.1) is 23.8 Å². The van der Waals surface area contributed by atoms with Gasteiger partial charge in [-0.15, -0.1) is 0 Å². The summed E-state index contributed by atoms with van der Waals surface area (Å²) < 4.78 is 33.0. The number of aliphatic hydroxyl groups excluding tert-OH is 1. The fraction of sp³-hybridized carbons (Fsp3) is 0.474. The van der Waals surface area contributed by atoms with Gasteiger partial charge < -0.3 is 9.84 Å². The van der Waals surface area contributed by atoms with Crippen LogP contribution in [0.15, 0.2) is 35.4 Å². The number of aryl methyl sites for hydroxylation is 1. The first kappa shape index (κ1) is 19.7. The summed E-state index contributed by atoms with van der Waals surface area (Å²) in [5.41, 5.74) is 1.41. The van der Waals surface area contributed by atoms with Crippen LogP contribution in [0.3, 0.4) is 0 Å². The molecule has 1 aliphatic rings. The molecular weight excluding hydrogens is 366 g/mol. The Hall–Kier alpha value is -2.03. The molecule has 1 saturated heterocycles. The van der Waals surface area contributed by atoms with Crippen molar-refractivity contribution in [2.75, 3.05) is 19.7 Å². The molecular formula is C19H25N3O4S. The van der Waals surface area contributed by atoms with E-state index >= 15 is 0 Å². The zero-order chi connectivity index (χ0) is 19.4. The van der Waals surface area contributed by atoms with Crippen molar-refractivity contribution in [3.63, 3.8) is 0 Å². The summed E-state index contributed by atoms with van der Waals surface area (Å²) >= 11 is 0. The molecule has 0 amide bonds. The van der Waals surface area contributed by atoms with Gasteiger partial charge in [0.1, 0.15) is 11.6 Å². The minimum absolute atomic E-state index is 0.0555. The first-order valence-electron chi connectivity index (χ1n) is 9.12. The molecule has 2 heterocycles. The van der Waals surface area contributed by atoms with E-state index in [1.54, 1.807) is 37.4 Å². The van der Waals surface area contributed by atoms with Crippen LogP contribution in [-0.2, 0) is 16.6 Å². The minimum Gasteiger partial charge on any atom is -0.494 e. The molecule has 8 heteroatoms. The van der Waals surface area contributed by atoms with Gasteiger partial charge in [-0.1, -0.05) is 0 Å². The van der Waals surface area contributed by atoms with Crippen LogP contribution < -0.4 is 4.74 Å². The maximum absolute atomic E-state index is 13.1. The van der Waals surface area contributed by atoms with Gasteiger partial charge in [0.25, 0.3) is 0 Å². The van der Waals surface area contributed by atoms with Crippen molar-refractivity contribution in [2.45, 2.75) is 44.1 Å². The molecule has 1 atom stereocenters. The van der Waals surface area contributed by atoms with Crippen LogP contribution in [0.5, 0.6) is 5.75 Å². The summed E-state index contributed by atoms with van der Waals surface area (Å²) in [6.07, 6.45) is 3.20. The third kappa shape index (κ3) is 4.28. The van der Waals surface area contributed by atoms with E-state index in [1.165, 1.54) is 4.31 Å². The Bertz CT molecular complexity index is 884. The van der Waals surface area contributed by atoms with Gasteiger partial charge in [-0.25, -0.2) is 18.4 Å². The van der Waals surface area contributed by atoms with E-state index in [0.717, 1.165) is 18.5 Å². The number of rotatable bonds is 6. The quantitative estimate of drug-likeness (QED) is 0.812. The predicted molar refractivity (Wildman–Crippen MR) is 101 cm³/mol. The van der Waals surface area contributed by atoms with Crippen LogP contribution in [0.4, 0.5) is 0 Å². The fourth-order valence-corrected chi connectivity index (χ4v) is 4.92. The second-order valence-corrected chi connectivity index (χ2v) is 8.53. The SMILES string of the molecule is CCOc1ccc(S(=O)(=O)N2CCCC(c3nc(C)ncc3CO)C2)cc1. The molecule has 146 valence electrons. The Balaban J connectivity index is 1.84. The van der Waals surface area contributed by atoms with Gasteiger partial charge in [-0.05, 0) is 51.0 Å². The predicted octanol–water partition coefficient (Wildman–Crippen LogP) is 2.24. The summed E-state index contributed by atoms with van der Waals surface area (Å²) in [4.78, 5) is 8.87. The Kier molecular flexibility index (Phi) is 6.08. The Morgan fingerprint density at radius 3 is 2.70 bits per heavy atom. The van der Waals surface area contributed by atoms with Crippen molar-refractivity contribution in [2.24, 2.45) is 0 Å². The number of benzene rings is 1. The monoisotopic (exact) mass is 391 g/mol. The summed E-state index contributed by atoms with van der Waals surface area (Å²) in [6, 6.07) is 6.51. The average molecular weight is 391 g/mol. The van der Waals surface area contributed by atoms with Gasteiger partial charge in [0.15, 0.2) is 0 Å². The molecule has 1 unspecified atom stereocenters. The van der Waals surface area contributed by atoms with Gasteiger partial charge in [-0.3, -0.25) is 0 Å². The van der Waals surface area contributed by atoms with Crippen molar-refractivity contribution in [1.29, 1.82) is 0 Å². The van der Waals surface area contributed by atoms with E-state index < -0.39 is 10.0 Å². The minimum atomic E-state index is -3.59. The van der Waals surface area contributed by atoms with Crippen molar-refractivity contribution >= 4 is 10.0 Å². The molecule has 2 aromatic rings. The Labute approximate surface area is 160 Å². The molecule has 1 aromatic carbocycles. The number of ether oxygens (including phenoxy) is 1. The molecule has 3 rings (SSSR count). The fourth-order valence-electron chi connectivity index (χ4n) is 3.40. The molecule has 1 N–H and O–H groups in total. The highest BCUT2D eigenvalue weighted by Gasteiger charge is 2.32. The molecule has 0 radical (unpaired) electrons. The largest absolute Gasteiger partial charge is 0.494 e. The van der Waals surface area contributed by atoms with Gasteiger partial charge >= 0.3 is 0 Å². The standard InChI is InChI=1S/C19H25N3O4S/c1-3-26-17-6-8-18(9-7-17)27(24,25)22-10-4-5-15(12-22)19-16(13-23)11-20-14(2)21-19/h6-9,11,15,23H,3-5,10,12-13H2,1-2H3. The topological polar surface area (TPSA) is 92.6 Å². The molecule has 1 aromatic heterocycles. The van der Waals surface area contributed by atoms with E-state index in [0.29, 0.717) is 36.8 Å². The summed E-state index contributed by atoms with van der Waals surface area (Å²) in [6.45, 7) is 4.88. The lowest BCUT2D eigenvalue weighted by Gasteiger charge is -2.32. The molecule has 0 aliphatic carbocycles. The first-order chi connectivity index (χ1) is 13.0. The van der Waals surface area contributed by atoms with E-state index in [4.69, 9.17) is 4.74 Å². The third-order valence-electron chi connectivity index (χ3n) is 4.73. The number of sulfonamides is 1. The van der Waals surface area contributed by atoms with E-state index in [9.17, 15) is 13.5 Å². The third-order valence-corrected chi connectivity index (χ3v) is 6.61. The highest BCUT2D eigenvalue weighted by molar-refractivity contribution is 7.89. The van der Waals surface area contributed by atoms with Crippen LogP contribution in [0.2, 0.25) is 0 Å². The lowest BCUT2D eigenvalue weighted by atomic mass is 9.93. The lowest BCUT2D eigenvalue weighted by Crippen LogP contribution is -2.39. The molecule has 0 spiro atoms. The number of aliphatic hydroxyl groups is 1. The van der Waals surface area contributed by atoms with Gasteiger partial charge in [0, 0.05) is 30.8 Å². The highest BCUT2D eigenvalue weighted by Crippen LogP contribution is 2.31. The number of aromatic nitrogens is 2. The van der Waals surface area contributed by atoms with Crippen molar-refractivity contribution in [1.82, 2.24) is 14.3 Å². The zero-order valence-corrected chi connectivity index (χ0v) is 16.4. The normalized spacial score (nSPS) is 18.4. The molecule has 1 fully saturated rings. The number of nitrogens with zero attached hydrogens (tertiary/aromatic N) is 3. The smallest absolute Gasteiger partial charge is 0.243 e. The van der Waals surface area contributed by atoms with Crippen LogP contribution in [-0.4, -0.2) is 47.5 Å². The van der Waals surface area contributed by atoms with E-state index in [-0.39, 0.29) is 17.4 Å². The highest BCUT2D eigenvalue weighted by atomic mass is 32.2. The van der Waals surface area contributed by atoms with Crippen LogP contribution in [0.1, 0.15) is 42.8 Å². The summed E-state index contributed by atoms with van der Waals surface area (Å²) in [5.74, 6) is 1.21. The van der Waals surface area contributed by atoms with E-state index in [1.807, 2.05) is 6.92 Å². The molecule has 27 heavy (non-hydrogen) atoms. The first-order valence-corrected chi connectivity index (χ1v) is 10.6. The number of piperidine rings is 1.